The average Bonchev–Trinajstić information content (AvgIpc) is 2.62. The van der Waals surface area contributed by atoms with Crippen LogP contribution in [0.2, 0.25) is 0 Å². The normalized spacial score (nSPS) is 13.4. The van der Waals surface area contributed by atoms with Gasteiger partial charge in [-0.3, -0.25) is 4.79 Å². The van der Waals surface area contributed by atoms with Gasteiger partial charge in [0.1, 0.15) is 5.01 Å². The van der Waals surface area contributed by atoms with Gasteiger partial charge in [0.15, 0.2) is 6.29 Å². The van der Waals surface area contributed by atoms with Crippen LogP contribution in [0.5, 0.6) is 0 Å². The molecule has 0 saturated heterocycles. The van der Waals surface area contributed by atoms with Gasteiger partial charge in [0.2, 0.25) is 0 Å². The Morgan fingerprint density at radius 2 is 2.54 bits per heavy atom. The molecule has 0 fully saturated rings. The molecule has 0 aliphatic carbocycles. The number of carbonyl (C=O) groups excluding carboxylic acids is 1. The Bertz CT molecular complexity index is 306. The van der Waals surface area contributed by atoms with Gasteiger partial charge in [-0.05, 0) is 6.42 Å². The Labute approximate surface area is 81.5 Å². The highest BCUT2D eigenvalue weighted by Gasteiger charge is 2.10. The van der Waals surface area contributed by atoms with Gasteiger partial charge in [-0.15, -0.1) is 11.3 Å². The second kappa shape index (κ2) is 4.87. The molecule has 0 aliphatic rings. The van der Waals surface area contributed by atoms with Crippen molar-refractivity contribution in [2.75, 3.05) is 7.05 Å². The number of carbonyl (C=O) groups is 1. The lowest BCUT2D eigenvalue weighted by molar-refractivity contribution is 0.112. The quantitative estimate of drug-likeness (QED) is 0.547. The zero-order valence-corrected chi connectivity index (χ0v) is 8.54. The number of aromatic nitrogens is 1. The van der Waals surface area contributed by atoms with E-state index in [-0.39, 0.29) is 5.92 Å². The van der Waals surface area contributed by atoms with E-state index in [1.54, 1.807) is 13.2 Å². The van der Waals surface area contributed by atoms with Crippen LogP contribution in [-0.4, -0.2) is 24.5 Å². The molecule has 1 atom stereocenters. The van der Waals surface area contributed by atoms with E-state index in [0.717, 1.165) is 17.7 Å². The molecule has 0 aliphatic heterocycles. The average molecular weight is 196 g/mol. The maximum Gasteiger partial charge on any atom is 0.161 e. The number of hydrogen-bond acceptors (Lipinski definition) is 4. The summed E-state index contributed by atoms with van der Waals surface area (Å²) in [6.45, 7) is 2.08. The Morgan fingerprint density at radius 1 is 1.77 bits per heavy atom. The van der Waals surface area contributed by atoms with Crippen LogP contribution in [0.25, 0.3) is 0 Å². The first-order valence-electron chi connectivity index (χ1n) is 4.15. The SMILES string of the molecule is CCC(C=NC)c1ncc(C=O)s1. The van der Waals surface area contributed by atoms with Crippen molar-refractivity contribution >= 4 is 23.8 Å². The predicted octanol–water partition coefficient (Wildman–Crippen LogP) is 2.15. The summed E-state index contributed by atoms with van der Waals surface area (Å²) >= 11 is 1.44. The van der Waals surface area contributed by atoms with E-state index in [1.165, 1.54) is 11.3 Å². The van der Waals surface area contributed by atoms with Crippen LogP contribution in [0.1, 0.15) is 33.9 Å². The van der Waals surface area contributed by atoms with Crippen LogP contribution in [0.4, 0.5) is 0 Å². The summed E-state index contributed by atoms with van der Waals surface area (Å²) in [6.07, 6.45) is 5.27. The highest BCUT2D eigenvalue weighted by molar-refractivity contribution is 7.13. The molecule has 13 heavy (non-hydrogen) atoms. The second-order valence-corrected chi connectivity index (χ2v) is 3.73. The van der Waals surface area contributed by atoms with E-state index in [4.69, 9.17) is 0 Å². The molecule has 70 valence electrons. The van der Waals surface area contributed by atoms with E-state index in [0.29, 0.717) is 4.88 Å². The van der Waals surface area contributed by atoms with Crippen LogP contribution in [0.3, 0.4) is 0 Å². The molecule has 0 N–H and O–H groups in total. The van der Waals surface area contributed by atoms with Crippen LogP contribution in [0.15, 0.2) is 11.2 Å². The van der Waals surface area contributed by atoms with Gasteiger partial charge in [-0.25, -0.2) is 4.98 Å². The zero-order valence-electron chi connectivity index (χ0n) is 7.73. The highest BCUT2D eigenvalue weighted by atomic mass is 32.1. The standard InChI is InChI=1S/C9H12N2OS/c1-3-7(4-10-2)9-11-5-8(6-12)13-9/h4-7H,3H2,1-2H3. The fraction of sp³-hybridized carbons (Fsp3) is 0.444. The number of hydrogen-bond donors (Lipinski definition) is 0. The molecule has 0 bridgehead atoms. The van der Waals surface area contributed by atoms with Crippen LogP contribution >= 0.6 is 11.3 Å². The minimum absolute atomic E-state index is 0.253. The smallest absolute Gasteiger partial charge is 0.161 e. The minimum atomic E-state index is 0.253. The maximum absolute atomic E-state index is 10.4. The van der Waals surface area contributed by atoms with Crippen LogP contribution in [0, 0.1) is 0 Å². The summed E-state index contributed by atoms with van der Waals surface area (Å²) in [5.41, 5.74) is 0. The monoisotopic (exact) mass is 196 g/mol. The molecule has 0 radical (unpaired) electrons. The van der Waals surface area contributed by atoms with Crippen molar-refractivity contribution in [3.8, 4) is 0 Å². The maximum atomic E-state index is 10.4. The molecule has 0 aromatic carbocycles. The van der Waals surface area contributed by atoms with Gasteiger partial charge < -0.3 is 4.99 Å². The van der Waals surface area contributed by atoms with E-state index >= 15 is 0 Å². The molecule has 1 aromatic rings. The van der Waals surface area contributed by atoms with E-state index in [2.05, 4.69) is 16.9 Å². The number of aldehydes is 1. The second-order valence-electron chi connectivity index (χ2n) is 2.64. The van der Waals surface area contributed by atoms with Crippen molar-refractivity contribution in [2.24, 2.45) is 4.99 Å². The van der Waals surface area contributed by atoms with Crippen molar-refractivity contribution in [3.05, 3.63) is 16.1 Å². The Balaban J connectivity index is 2.84. The number of nitrogens with zero attached hydrogens (tertiary/aromatic N) is 2. The Hall–Kier alpha value is -1.03. The first-order valence-corrected chi connectivity index (χ1v) is 4.96. The molecule has 1 aromatic heterocycles. The summed E-state index contributed by atoms with van der Waals surface area (Å²) in [7, 11) is 1.75. The molecule has 3 nitrogen and oxygen atoms in total. The summed E-state index contributed by atoms with van der Waals surface area (Å²) in [6, 6.07) is 0. The molecule has 1 heterocycles. The number of aliphatic imine (C=N–C) groups is 1. The van der Waals surface area contributed by atoms with Gasteiger partial charge in [-0.1, -0.05) is 6.92 Å². The molecular weight excluding hydrogens is 184 g/mol. The van der Waals surface area contributed by atoms with Gasteiger partial charge in [0.25, 0.3) is 0 Å². The Morgan fingerprint density at radius 3 is 3.00 bits per heavy atom. The van der Waals surface area contributed by atoms with Crippen LogP contribution in [-0.2, 0) is 0 Å². The Kier molecular flexibility index (Phi) is 3.76. The molecular formula is C9H12N2OS. The fourth-order valence-corrected chi connectivity index (χ4v) is 1.93. The summed E-state index contributed by atoms with van der Waals surface area (Å²) in [4.78, 5) is 19.2. The molecule has 1 unspecified atom stereocenters. The summed E-state index contributed by atoms with van der Waals surface area (Å²) in [5, 5.41) is 0.968. The summed E-state index contributed by atoms with van der Waals surface area (Å²) in [5.74, 6) is 0.253. The molecule has 0 amide bonds. The molecule has 1 rings (SSSR count). The fourth-order valence-electron chi connectivity index (χ4n) is 1.05. The number of rotatable bonds is 4. The zero-order chi connectivity index (χ0) is 9.68. The number of thiazole rings is 1. The lowest BCUT2D eigenvalue weighted by atomic mass is 10.1. The van der Waals surface area contributed by atoms with Gasteiger partial charge in [0.05, 0.1) is 4.88 Å². The van der Waals surface area contributed by atoms with Gasteiger partial charge in [0, 0.05) is 25.4 Å². The molecule has 4 heteroatoms. The third-order valence-corrected chi connectivity index (χ3v) is 2.80. The van der Waals surface area contributed by atoms with Crippen molar-refractivity contribution in [1.29, 1.82) is 0 Å². The molecule has 0 saturated carbocycles. The predicted molar refractivity (Wildman–Crippen MR) is 54.9 cm³/mol. The largest absolute Gasteiger partial charge is 0.300 e. The lowest BCUT2D eigenvalue weighted by Gasteiger charge is -2.02. The van der Waals surface area contributed by atoms with Crippen LogP contribution < -0.4 is 0 Å². The third kappa shape index (κ3) is 2.45. The van der Waals surface area contributed by atoms with Crippen molar-refractivity contribution < 1.29 is 4.79 Å². The summed E-state index contributed by atoms with van der Waals surface area (Å²) < 4.78 is 0. The lowest BCUT2D eigenvalue weighted by Crippen LogP contribution is -1.97. The van der Waals surface area contributed by atoms with Crippen molar-refractivity contribution in [3.63, 3.8) is 0 Å². The molecule has 0 spiro atoms. The third-order valence-electron chi connectivity index (χ3n) is 1.74. The first-order chi connectivity index (χ1) is 6.31. The first kappa shape index (κ1) is 10.1. The highest BCUT2D eigenvalue weighted by Crippen LogP contribution is 2.22. The topological polar surface area (TPSA) is 42.3 Å². The van der Waals surface area contributed by atoms with E-state index < -0.39 is 0 Å². The van der Waals surface area contributed by atoms with Gasteiger partial charge >= 0.3 is 0 Å². The van der Waals surface area contributed by atoms with E-state index in [9.17, 15) is 4.79 Å². The van der Waals surface area contributed by atoms with Gasteiger partial charge in [-0.2, -0.15) is 0 Å². The minimum Gasteiger partial charge on any atom is -0.300 e. The van der Waals surface area contributed by atoms with E-state index in [1.807, 2.05) is 6.21 Å². The van der Waals surface area contributed by atoms with Crippen molar-refractivity contribution in [2.45, 2.75) is 19.3 Å². The van der Waals surface area contributed by atoms with Crippen molar-refractivity contribution in [1.82, 2.24) is 4.98 Å².